The Hall–Kier alpha value is -0.0800. The van der Waals surface area contributed by atoms with E-state index in [4.69, 9.17) is 4.74 Å². The molecule has 1 saturated carbocycles. The van der Waals surface area contributed by atoms with E-state index in [0.717, 1.165) is 12.5 Å². The van der Waals surface area contributed by atoms with Gasteiger partial charge in [-0.2, -0.15) is 0 Å². The first-order valence-corrected chi connectivity index (χ1v) is 5.25. The second kappa shape index (κ2) is 2.71. The minimum Gasteiger partial charge on any atom is -0.377 e. The maximum absolute atomic E-state index is 5.63. The number of hydrogen-bond acceptors (Lipinski definition) is 2. The van der Waals surface area contributed by atoms with Crippen molar-refractivity contribution >= 4 is 0 Å². The fourth-order valence-electron chi connectivity index (χ4n) is 2.72. The van der Waals surface area contributed by atoms with Crippen LogP contribution in [-0.4, -0.2) is 36.2 Å². The zero-order valence-corrected chi connectivity index (χ0v) is 9.26. The summed E-state index contributed by atoms with van der Waals surface area (Å²) >= 11 is 0. The standard InChI is InChI=1S/C11H21NO/c1-10(2,3)12-7-9-5-11(6-9,8-12)13-4/h9H,5-8H2,1-4H3. The molecule has 0 unspecified atom stereocenters. The van der Waals surface area contributed by atoms with Crippen molar-refractivity contribution in [2.45, 2.75) is 44.8 Å². The molecule has 0 aromatic carbocycles. The molecule has 2 bridgehead atoms. The number of ether oxygens (including phenoxy) is 1. The Morgan fingerprint density at radius 2 is 1.92 bits per heavy atom. The number of rotatable bonds is 1. The lowest BCUT2D eigenvalue weighted by Gasteiger charge is -2.58. The molecule has 3 fully saturated rings. The number of piperidine rings is 2. The number of nitrogens with zero attached hydrogens (tertiary/aromatic N) is 1. The summed E-state index contributed by atoms with van der Waals surface area (Å²) in [6, 6.07) is 0. The van der Waals surface area contributed by atoms with E-state index in [0.29, 0.717) is 5.54 Å². The summed E-state index contributed by atoms with van der Waals surface area (Å²) in [4.78, 5) is 2.56. The van der Waals surface area contributed by atoms with Crippen LogP contribution in [0.4, 0.5) is 0 Å². The van der Waals surface area contributed by atoms with Gasteiger partial charge in [0.25, 0.3) is 0 Å². The summed E-state index contributed by atoms with van der Waals surface area (Å²) in [6.45, 7) is 9.28. The highest BCUT2D eigenvalue weighted by Crippen LogP contribution is 2.47. The Bertz CT molecular complexity index is 201. The van der Waals surface area contributed by atoms with E-state index < -0.39 is 0 Å². The fourth-order valence-corrected chi connectivity index (χ4v) is 2.72. The van der Waals surface area contributed by atoms with Gasteiger partial charge in [-0.05, 0) is 39.5 Å². The lowest BCUT2D eigenvalue weighted by atomic mass is 9.66. The van der Waals surface area contributed by atoms with Crippen molar-refractivity contribution in [1.29, 1.82) is 0 Å². The lowest BCUT2D eigenvalue weighted by molar-refractivity contribution is -0.176. The van der Waals surface area contributed by atoms with Gasteiger partial charge in [0.05, 0.1) is 5.60 Å². The second-order valence-electron chi connectivity index (χ2n) is 5.71. The van der Waals surface area contributed by atoms with E-state index >= 15 is 0 Å². The normalized spacial score (nSPS) is 40.2. The molecule has 0 amide bonds. The summed E-state index contributed by atoms with van der Waals surface area (Å²) in [5.41, 5.74) is 0.527. The molecule has 0 N–H and O–H groups in total. The third kappa shape index (κ3) is 1.50. The topological polar surface area (TPSA) is 12.5 Å². The van der Waals surface area contributed by atoms with Gasteiger partial charge in [-0.15, -0.1) is 0 Å². The first kappa shape index (κ1) is 9.47. The smallest absolute Gasteiger partial charge is 0.0811 e. The van der Waals surface area contributed by atoms with Crippen LogP contribution in [0.5, 0.6) is 0 Å². The maximum atomic E-state index is 5.63. The van der Waals surface area contributed by atoms with Crippen molar-refractivity contribution in [1.82, 2.24) is 4.90 Å². The molecule has 0 aromatic heterocycles. The monoisotopic (exact) mass is 183 g/mol. The average Bonchev–Trinajstić information content (AvgIpc) is 2.01. The van der Waals surface area contributed by atoms with Crippen LogP contribution in [0.15, 0.2) is 0 Å². The van der Waals surface area contributed by atoms with Crippen LogP contribution in [0.1, 0.15) is 33.6 Å². The fraction of sp³-hybridized carbons (Fsp3) is 1.00. The maximum Gasteiger partial charge on any atom is 0.0811 e. The van der Waals surface area contributed by atoms with Crippen LogP contribution in [-0.2, 0) is 4.74 Å². The molecule has 0 atom stereocenters. The molecule has 2 heteroatoms. The van der Waals surface area contributed by atoms with Crippen LogP contribution in [0, 0.1) is 5.92 Å². The summed E-state index contributed by atoms with van der Waals surface area (Å²) in [5.74, 6) is 0.896. The van der Waals surface area contributed by atoms with E-state index in [-0.39, 0.29) is 5.60 Å². The van der Waals surface area contributed by atoms with Crippen molar-refractivity contribution in [2.75, 3.05) is 20.2 Å². The highest BCUT2D eigenvalue weighted by molar-refractivity contribution is 5.05. The second-order valence-corrected chi connectivity index (χ2v) is 5.71. The Labute approximate surface area is 81.3 Å². The van der Waals surface area contributed by atoms with Crippen LogP contribution < -0.4 is 0 Å². The summed E-state index contributed by atoms with van der Waals surface area (Å²) in [6.07, 6.45) is 2.58. The average molecular weight is 183 g/mol. The van der Waals surface area contributed by atoms with Crippen molar-refractivity contribution in [3.8, 4) is 0 Å². The van der Waals surface area contributed by atoms with E-state index in [1.165, 1.54) is 19.4 Å². The quantitative estimate of drug-likeness (QED) is 0.615. The van der Waals surface area contributed by atoms with Gasteiger partial charge in [0.15, 0.2) is 0 Å². The molecule has 2 nitrogen and oxygen atoms in total. The zero-order valence-electron chi connectivity index (χ0n) is 9.26. The number of methoxy groups -OCH3 is 1. The molecule has 0 spiro atoms. The van der Waals surface area contributed by atoms with E-state index in [1.807, 2.05) is 7.11 Å². The molecule has 76 valence electrons. The van der Waals surface area contributed by atoms with Gasteiger partial charge < -0.3 is 4.74 Å². The summed E-state index contributed by atoms with van der Waals surface area (Å²) < 4.78 is 5.63. The predicted octanol–water partition coefficient (Wildman–Crippen LogP) is 1.90. The van der Waals surface area contributed by atoms with Gasteiger partial charge in [-0.25, -0.2) is 0 Å². The molecule has 3 rings (SSSR count). The third-order valence-corrected chi connectivity index (χ3v) is 3.66. The summed E-state index contributed by atoms with van der Waals surface area (Å²) in [5, 5.41) is 0. The van der Waals surface area contributed by atoms with Crippen molar-refractivity contribution in [3.05, 3.63) is 0 Å². The largest absolute Gasteiger partial charge is 0.377 e. The Kier molecular flexibility index (Phi) is 1.97. The number of fused-ring (bicyclic) bond motifs is 2. The molecule has 2 heterocycles. The predicted molar refractivity (Wildman–Crippen MR) is 53.8 cm³/mol. The highest BCUT2D eigenvalue weighted by atomic mass is 16.5. The molecule has 2 saturated heterocycles. The number of hydrogen-bond donors (Lipinski definition) is 0. The SMILES string of the molecule is COC12CC(CN(C(C)(C)C)C1)C2. The highest BCUT2D eigenvalue weighted by Gasteiger charge is 2.51. The van der Waals surface area contributed by atoms with E-state index in [9.17, 15) is 0 Å². The van der Waals surface area contributed by atoms with E-state index in [2.05, 4.69) is 25.7 Å². The first-order chi connectivity index (χ1) is 5.95. The van der Waals surface area contributed by atoms with Crippen LogP contribution in [0.25, 0.3) is 0 Å². The Morgan fingerprint density at radius 1 is 1.31 bits per heavy atom. The van der Waals surface area contributed by atoms with Crippen molar-refractivity contribution in [3.63, 3.8) is 0 Å². The van der Waals surface area contributed by atoms with Crippen molar-refractivity contribution in [2.24, 2.45) is 5.92 Å². The third-order valence-electron chi connectivity index (χ3n) is 3.66. The van der Waals surface area contributed by atoms with Gasteiger partial charge >= 0.3 is 0 Å². The summed E-state index contributed by atoms with van der Waals surface area (Å²) in [7, 11) is 1.86. The molecule has 13 heavy (non-hydrogen) atoms. The lowest BCUT2D eigenvalue weighted by Crippen LogP contribution is -2.65. The van der Waals surface area contributed by atoms with Crippen LogP contribution in [0.2, 0.25) is 0 Å². The molecule has 2 aliphatic heterocycles. The van der Waals surface area contributed by atoms with Gasteiger partial charge in [0.1, 0.15) is 0 Å². The van der Waals surface area contributed by atoms with Crippen LogP contribution >= 0.6 is 0 Å². The molecular formula is C11H21NO. The molecule has 0 aromatic rings. The van der Waals surface area contributed by atoms with Crippen LogP contribution in [0.3, 0.4) is 0 Å². The zero-order chi connectivity index (χ0) is 9.69. The van der Waals surface area contributed by atoms with Gasteiger partial charge in [0.2, 0.25) is 0 Å². The molecule has 0 radical (unpaired) electrons. The van der Waals surface area contributed by atoms with Crippen molar-refractivity contribution < 1.29 is 4.74 Å². The minimum absolute atomic E-state index is 0.218. The Morgan fingerprint density at radius 3 is 2.38 bits per heavy atom. The van der Waals surface area contributed by atoms with Gasteiger partial charge in [0, 0.05) is 25.7 Å². The van der Waals surface area contributed by atoms with Gasteiger partial charge in [-0.1, -0.05) is 0 Å². The van der Waals surface area contributed by atoms with E-state index in [1.54, 1.807) is 0 Å². The molecule has 3 aliphatic rings. The Balaban J connectivity index is 2.04. The molecule has 1 aliphatic carbocycles. The van der Waals surface area contributed by atoms with Gasteiger partial charge in [-0.3, -0.25) is 4.90 Å². The molecular weight excluding hydrogens is 162 g/mol. The first-order valence-electron chi connectivity index (χ1n) is 5.25. The minimum atomic E-state index is 0.218.